The second kappa shape index (κ2) is 6.16. The van der Waals surface area contributed by atoms with Crippen molar-refractivity contribution in [1.29, 1.82) is 0 Å². The second-order valence-corrected chi connectivity index (χ2v) is 6.31. The molecule has 3 aromatic rings. The van der Waals surface area contributed by atoms with Gasteiger partial charge in [-0.1, -0.05) is 30.3 Å². The van der Waals surface area contributed by atoms with Gasteiger partial charge in [-0.3, -0.25) is 9.48 Å². The largest absolute Gasteiger partial charge is 0.336 e. The van der Waals surface area contributed by atoms with E-state index < -0.39 is 0 Å². The van der Waals surface area contributed by atoms with Crippen molar-refractivity contribution in [1.82, 2.24) is 30.1 Å². The van der Waals surface area contributed by atoms with Gasteiger partial charge >= 0.3 is 0 Å². The lowest BCUT2D eigenvalue weighted by molar-refractivity contribution is 0.0756. The Balaban J connectivity index is 1.62. The molecule has 0 fully saturated rings. The first-order valence-corrected chi connectivity index (χ1v) is 8.42. The summed E-state index contributed by atoms with van der Waals surface area (Å²) < 4.78 is 1.96. The van der Waals surface area contributed by atoms with Crippen LogP contribution in [0.1, 0.15) is 27.4 Å². The number of hydrogen-bond acceptors (Lipinski definition) is 4. The van der Waals surface area contributed by atoms with E-state index in [1.807, 2.05) is 34.8 Å². The molecule has 7 heteroatoms. The van der Waals surface area contributed by atoms with Gasteiger partial charge in [0.25, 0.3) is 5.91 Å². The van der Waals surface area contributed by atoms with Crippen molar-refractivity contribution in [2.24, 2.45) is 7.05 Å². The van der Waals surface area contributed by atoms with E-state index in [9.17, 15) is 4.79 Å². The zero-order valence-electron chi connectivity index (χ0n) is 14.4. The first-order valence-electron chi connectivity index (χ1n) is 8.42. The molecule has 1 amide bonds. The van der Waals surface area contributed by atoms with Gasteiger partial charge in [-0.25, -0.2) is 0 Å². The Morgan fingerprint density at radius 1 is 1.12 bits per heavy atom. The number of hydrogen-bond donors (Lipinski definition) is 1. The number of amides is 1. The predicted molar refractivity (Wildman–Crippen MR) is 93.1 cm³/mol. The molecule has 25 heavy (non-hydrogen) atoms. The molecule has 0 saturated heterocycles. The van der Waals surface area contributed by atoms with Crippen LogP contribution >= 0.6 is 0 Å². The van der Waals surface area contributed by atoms with Crippen LogP contribution in [0, 0.1) is 6.92 Å². The standard InChI is InChI=1S/C18H20N6O/c1-12-16(20-22-19-12)18(25)24-10-8-14-15(9-11-24)21-23(2)17(14)13-6-4-3-5-7-13/h3-7H,8-11H2,1-2H3,(H,19,20,22). The Morgan fingerprint density at radius 2 is 1.88 bits per heavy atom. The van der Waals surface area contributed by atoms with Gasteiger partial charge in [0.05, 0.1) is 17.1 Å². The summed E-state index contributed by atoms with van der Waals surface area (Å²) in [5.74, 6) is -0.0676. The molecule has 1 aromatic carbocycles. The van der Waals surface area contributed by atoms with Crippen LogP contribution in [0.15, 0.2) is 30.3 Å². The van der Waals surface area contributed by atoms with E-state index in [1.165, 1.54) is 5.56 Å². The van der Waals surface area contributed by atoms with Crippen molar-refractivity contribution >= 4 is 5.91 Å². The van der Waals surface area contributed by atoms with Crippen LogP contribution in [0.4, 0.5) is 0 Å². The molecule has 0 unspecified atom stereocenters. The van der Waals surface area contributed by atoms with E-state index in [0.29, 0.717) is 24.5 Å². The van der Waals surface area contributed by atoms with Crippen LogP contribution in [0.5, 0.6) is 0 Å². The highest BCUT2D eigenvalue weighted by molar-refractivity contribution is 5.93. The fourth-order valence-corrected chi connectivity index (χ4v) is 3.48. The average Bonchev–Trinajstić information content (AvgIpc) is 3.11. The van der Waals surface area contributed by atoms with E-state index in [1.54, 1.807) is 6.92 Å². The average molecular weight is 336 g/mol. The molecule has 2 aromatic heterocycles. The molecule has 1 aliphatic heterocycles. The lowest BCUT2D eigenvalue weighted by Crippen LogP contribution is -2.34. The Hall–Kier alpha value is -2.96. The molecule has 4 rings (SSSR count). The number of nitrogens with one attached hydrogen (secondary N) is 1. The third kappa shape index (κ3) is 2.71. The molecule has 0 bridgehead atoms. The number of H-pyrrole nitrogens is 1. The second-order valence-electron chi connectivity index (χ2n) is 6.31. The molecular formula is C18H20N6O. The van der Waals surface area contributed by atoms with Gasteiger partial charge in [0.2, 0.25) is 0 Å². The number of aryl methyl sites for hydroxylation is 2. The molecule has 1 aliphatic rings. The molecule has 0 radical (unpaired) electrons. The van der Waals surface area contributed by atoms with E-state index in [-0.39, 0.29) is 5.91 Å². The zero-order chi connectivity index (χ0) is 17.4. The zero-order valence-corrected chi connectivity index (χ0v) is 14.4. The number of aromatic nitrogens is 5. The van der Waals surface area contributed by atoms with Crippen molar-refractivity contribution in [3.05, 3.63) is 53.0 Å². The summed E-state index contributed by atoms with van der Waals surface area (Å²) in [6.07, 6.45) is 1.54. The molecule has 1 N–H and O–H groups in total. The fourth-order valence-electron chi connectivity index (χ4n) is 3.48. The van der Waals surface area contributed by atoms with Crippen molar-refractivity contribution in [3.8, 4) is 11.3 Å². The van der Waals surface area contributed by atoms with Crippen molar-refractivity contribution < 1.29 is 4.79 Å². The lowest BCUT2D eigenvalue weighted by Gasteiger charge is -2.19. The maximum absolute atomic E-state index is 12.7. The summed E-state index contributed by atoms with van der Waals surface area (Å²) in [7, 11) is 1.98. The lowest BCUT2D eigenvalue weighted by atomic mass is 10.0. The summed E-state index contributed by atoms with van der Waals surface area (Å²) in [5, 5.41) is 15.2. The maximum atomic E-state index is 12.7. The summed E-state index contributed by atoms with van der Waals surface area (Å²) in [5.41, 5.74) is 5.65. The number of nitrogens with zero attached hydrogens (tertiary/aromatic N) is 5. The van der Waals surface area contributed by atoms with Gasteiger partial charge in [-0.2, -0.15) is 20.5 Å². The number of carbonyl (C=O) groups is 1. The molecule has 128 valence electrons. The quantitative estimate of drug-likeness (QED) is 0.773. The van der Waals surface area contributed by atoms with Crippen LogP contribution in [-0.2, 0) is 19.9 Å². The maximum Gasteiger partial charge on any atom is 0.276 e. The first kappa shape index (κ1) is 15.6. The van der Waals surface area contributed by atoms with E-state index in [4.69, 9.17) is 5.10 Å². The summed E-state index contributed by atoms with van der Waals surface area (Å²) in [6, 6.07) is 10.3. The van der Waals surface area contributed by atoms with Gasteiger partial charge in [0.15, 0.2) is 5.69 Å². The SMILES string of the molecule is Cc1n[nH]nc1C(=O)N1CCc2nn(C)c(-c3ccccc3)c2CC1. The fraction of sp³-hybridized carbons (Fsp3) is 0.333. The van der Waals surface area contributed by atoms with Crippen LogP contribution in [0.2, 0.25) is 0 Å². The molecular weight excluding hydrogens is 316 g/mol. The van der Waals surface area contributed by atoms with E-state index >= 15 is 0 Å². The van der Waals surface area contributed by atoms with Gasteiger partial charge < -0.3 is 4.90 Å². The summed E-state index contributed by atoms with van der Waals surface area (Å²) >= 11 is 0. The van der Waals surface area contributed by atoms with Crippen molar-refractivity contribution in [2.75, 3.05) is 13.1 Å². The van der Waals surface area contributed by atoms with Crippen LogP contribution in [-0.4, -0.2) is 49.1 Å². The third-order valence-corrected chi connectivity index (χ3v) is 4.74. The highest BCUT2D eigenvalue weighted by Crippen LogP contribution is 2.28. The van der Waals surface area contributed by atoms with Gasteiger partial charge in [0, 0.05) is 37.7 Å². The van der Waals surface area contributed by atoms with Crippen molar-refractivity contribution in [3.63, 3.8) is 0 Å². The van der Waals surface area contributed by atoms with Crippen LogP contribution in [0.3, 0.4) is 0 Å². The number of aromatic amines is 1. The molecule has 7 nitrogen and oxygen atoms in total. The number of benzene rings is 1. The van der Waals surface area contributed by atoms with E-state index in [0.717, 1.165) is 29.8 Å². The van der Waals surface area contributed by atoms with Gasteiger partial charge in [-0.15, -0.1) is 0 Å². The minimum Gasteiger partial charge on any atom is -0.336 e. The Labute approximate surface area is 145 Å². The monoisotopic (exact) mass is 336 g/mol. The van der Waals surface area contributed by atoms with Crippen LogP contribution in [0.25, 0.3) is 11.3 Å². The molecule has 3 heterocycles. The Morgan fingerprint density at radius 3 is 2.60 bits per heavy atom. The summed E-state index contributed by atoms with van der Waals surface area (Å²) in [6.45, 7) is 3.09. The molecule has 0 saturated carbocycles. The normalized spacial score (nSPS) is 14.2. The minimum atomic E-state index is -0.0676. The first-order chi connectivity index (χ1) is 12.1. The van der Waals surface area contributed by atoms with Crippen molar-refractivity contribution in [2.45, 2.75) is 19.8 Å². The summed E-state index contributed by atoms with van der Waals surface area (Å²) in [4.78, 5) is 14.6. The molecule has 0 aliphatic carbocycles. The van der Waals surface area contributed by atoms with Gasteiger partial charge in [0.1, 0.15) is 0 Å². The Kier molecular flexibility index (Phi) is 3.83. The highest BCUT2D eigenvalue weighted by Gasteiger charge is 2.26. The Bertz CT molecular complexity index is 911. The minimum absolute atomic E-state index is 0.0676. The highest BCUT2D eigenvalue weighted by atomic mass is 16.2. The molecule has 0 spiro atoms. The van der Waals surface area contributed by atoms with Gasteiger partial charge in [-0.05, 0) is 13.3 Å². The molecule has 0 atom stereocenters. The number of rotatable bonds is 2. The third-order valence-electron chi connectivity index (χ3n) is 4.74. The number of fused-ring (bicyclic) bond motifs is 1. The smallest absolute Gasteiger partial charge is 0.276 e. The predicted octanol–water partition coefficient (Wildman–Crippen LogP) is 1.75. The number of carbonyl (C=O) groups excluding carboxylic acids is 1. The van der Waals surface area contributed by atoms with Crippen LogP contribution < -0.4 is 0 Å². The topological polar surface area (TPSA) is 79.7 Å². The van der Waals surface area contributed by atoms with E-state index in [2.05, 4.69) is 27.5 Å².